The Kier molecular flexibility index (Phi) is 6.49. The molecule has 4 rings (SSSR count). The number of hydrogen-bond donors (Lipinski definition) is 0. The summed E-state index contributed by atoms with van der Waals surface area (Å²) in [5.74, 6) is 12.2. The Morgan fingerprint density at radius 2 is 1.24 bits per heavy atom. The van der Waals surface area contributed by atoms with Gasteiger partial charge in [-0.1, -0.05) is 78.8 Å². The average Bonchev–Trinajstić information content (AvgIpc) is 2.85. The highest BCUT2D eigenvalue weighted by molar-refractivity contribution is 6.09. The third-order valence-electron chi connectivity index (χ3n) is 5.18. The fraction of sp³-hybridized carbons (Fsp3) is 0.0323. The third kappa shape index (κ3) is 4.93. The van der Waals surface area contributed by atoms with E-state index in [9.17, 15) is 8.78 Å². The molecule has 0 N–H and O–H groups in total. The van der Waals surface area contributed by atoms with E-state index in [1.165, 1.54) is 18.2 Å². The van der Waals surface area contributed by atoms with Crippen LogP contribution in [0.25, 0.3) is 21.5 Å². The Morgan fingerprint density at radius 1 is 0.727 bits per heavy atom. The van der Waals surface area contributed by atoms with Crippen molar-refractivity contribution in [1.82, 2.24) is 0 Å². The van der Waals surface area contributed by atoms with E-state index in [0.717, 1.165) is 49.9 Å². The summed E-state index contributed by atoms with van der Waals surface area (Å²) in [4.78, 5) is 0. The van der Waals surface area contributed by atoms with Gasteiger partial charge in [0, 0.05) is 16.7 Å². The molecule has 0 aliphatic carbocycles. The van der Waals surface area contributed by atoms with Gasteiger partial charge in [-0.15, -0.1) is 0 Å². The zero-order valence-electron chi connectivity index (χ0n) is 18.1. The molecule has 0 aliphatic heterocycles. The molecule has 0 radical (unpaired) electrons. The van der Waals surface area contributed by atoms with Crippen molar-refractivity contribution in [2.24, 2.45) is 0 Å². The van der Waals surface area contributed by atoms with Crippen LogP contribution in [0.1, 0.15) is 23.6 Å². The molecular formula is C31H20F2. The van der Waals surface area contributed by atoms with Crippen molar-refractivity contribution >= 4 is 21.5 Å². The largest absolute Gasteiger partial charge is 0.207 e. The zero-order chi connectivity index (χ0) is 23.2. The van der Waals surface area contributed by atoms with Crippen LogP contribution in [0.4, 0.5) is 8.78 Å². The van der Waals surface area contributed by atoms with Crippen LogP contribution in [0, 0.1) is 29.5 Å². The highest BCUT2D eigenvalue weighted by Gasteiger charge is 2.11. The summed E-state index contributed by atoms with van der Waals surface area (Å²) in [5.41, 5.74) is 3.28. The Balaban J connectivity index is 1.93. The van der Waals surface area contributed by atoms with Crippen molar-refractivity contribution in [3.8, 4) is 23.7 Å². The minimum atomic E-state index is -0.406. The summed E-state index contributed by atoms with van der Waals surface area (Å²) in [6.45, 7) is 5.25. The van der Waals surface area contributed by atoms with Gasteiger partial charge in [0.25, 0.3) is 0 Å². The smallest absolute Gasteiger partial charge is 0.123 e. The molecule has 0 saturated carbocycles. The molecule has 33 heavy (non-hydrogen) atoms. The number of allylic oxidation sites excluding steroid dienone is 5. The summed E-state index contributed by atoms with van der Waals surface area (Å²) in [6.07, 6.45) is 4.14. The van der Waals surface area contributed by atoms with Crippen LogP contribution in [0.3, 0.4) is 0 Å². The van der Waals surface area contributed by atoms with Crippen LogP contribution >= 0.6 is 0 Å². The van der Waals surface area contributed by atoms with Crippen LogP contribution < -0.4 is 0 Å². The van der Waals surface area contributed by atoms with E-state index in [1.54, 1.807) is 18.2 Å². The van der Waals surface area contributed by atoms with E-state index in [4.69, 9.17) is 0 Å². The van der Waals surface area contributed by atoms with Crippen molar-refractivity contribution < 1.29 is 8.78 Å². The standard InChI is InChI=1S/C31H20F2/c1-3-24(32)17-12-22(2)13-20-30-26-8-4-6-10-28(26)31(29-11-7-5-9-27(29)30)21-16-23-14-18-25(33)19-15-23/h3-12,14-15,17-19H,1H2,2H3/b22-12+,24-17+. The van der Waals surface area contributed by atoms with Gasteiger partial charge < -0.3 is 0 Å². The van der Waals surface area contributed by atoms with Gasteiger partial charge in [0.15, 0.2) is 0 Å². The number of fused-ring (bicyclic) bond motifs is 2. The predicted molar refractivity (Wildman–Crippen MR) is 134 cm³/mol. The molecule has 4 aromatic rings. The quantitative estimate of drug-likeness (QED) is 0.172. The summed E-state index contributed by atoms with van der Waals surface area (Å²) in [6, 6.07) is 22.2. The topological polar surface area (TPSA) is 0 Å². The van der Waals surface area contributed by atoms with Crippen molar-refractivity contribution in [2.75, 3.05) is 0 Å². The fourth-order valence-corrected chi connectivity index (χ4v) is 3.54. The lowest BCUT2D eigenvalue weighted by Crippen LogP contribution is -1.90. The normalized spacial score (nSPS) is 11.5. The maximum absolute atomic E-state index is 13.4. The lowest BCUT2D eigenvalue weighted by atomic mass is 9.92. The first-order valence-electron chi connectivity index (χ1n) is 10.5. The van der Waals surface area contributed by atoms with Gasteiger partial charge in [-0.2, -0.15) is 0 Å². The summed E-state index contributed by atoms with van der Waals surface area (Å²) in [7, 11) is 0. The van der Waals surface area contributed by atoms with Crippen LogP contribution in [-0.2, 0) is 0 Å². The number of halogens is 2. The second kappa shape index (κ2) is 9.82. The molecule has 2 heteroatoms. The number of hydrogen-bond acceptors (Lipinski definition) is 0. The van der Waals surface area contributed by atoms with E-state index in [0.29, 0.717) is 0 Å². The Morgan fingerprint density at radius 3 is 1.76 bits per heavy atom. The van der Waals surface area contributed by atoms with Crippen molar-refractivity contribution in [3.05, 3.63) is 132 Å². The third-order valence-corrected chi connectivity index (χ3v) is 5.18. The van der Waals surface area contributed by atoms with Gasteiger partial charge >= 0.3 is 0 Å². The van der Waals surface area contributed by atoms with Crippen molar-refractivity contribution in [2.45, 2.75) is 6.92 Å². The molecule has 0 atom stereocenters. The molecule has 0 saturated heterocycles. The van der Waals surface area contributed by atoms with Crippen molar-refractivity contribution in [1.29, 1.82) is 0 Å². The van der Waals surface area contributed by atoms with Gasteiger partial charge in [0.2, 0.25) is 0 Å². The monoisotopic (exact) mass is 430 g/mol. The molecule has 0 spiro atoms. The van der Waals surface area contributed by atoms with Gasteiger partial charge in [0.1, 0.15) is 11.6 Å². The number of benzene rings is 4. The van der Waals surface area contributed by atoms with Crippen LogP contribution in [0.15, 0.2) is 109 Å². The summed E-state index contributed by atoms with van der Waals surface area (Å²) < 4.78 is 26.6. The van der Waals surface area contributed by atoms with Crippen LogP contribution in [0.5, 0.6) is 0 Å². The maximum atomic E-state index is 13.4. The van der Waals surface area contributed by atoms with Crippen LogP contribution in [-0.4, -0.2) is 0 Å². The first kappa shape index (κ1) is 21.8. The Bertz CT molecular complexity index is 1490. The molecule has 0 aliphatic rings. The van der Waals surface area contributed by atoms with Gasteiger partial charge in [-0.05, 0) is 76.5 Å². The Hall–Kier alpha value is -4.40. The minimum Gasteiger partial charge on any atom is -0.207 e. The van der Waals surface area contributed by atoms with E-state index in [-0.39, 0.29) is 5.82 Å². The highest BCUT2D eigenvalue weighted by atomic mass is 19.1. The second-order valence-corrected chi connectivity index (χ2v) is 7.45. The van der Waals surface area contributed by atoms with Gasteiger partial charge in [-0.25, -0.2) is 8.78 Å². The van der Waals surface area contributed by atoms with E-state index < -0.39 is 5.83 Å². The molecule has 4 aromatic carbocycles. The molecular weight excluding hydrogens is 410 g/mol. The van der Waals surface area contributed by atoms with E-state index in [2.05, 4.69) is 30.3 Å². The van der Waals surface area contributed by atoms with Crippen LogP contribution in [0.2, 0.25) is 0 Å². The van der Waals surface area contributed by atoms with E-state index in [1.807, 2.05) is 55.5 Å². The number of rotatable bonds is 2. The lowest BCUT2D eigenvalue weighted by molar-refractivity contribution is 0.627. The molecule has 0 fully saturated rings. The maximum Gasteiger partial charge on any atom is 0.123 e. The SMILES string of the molecule is C=C/C(F)=C\C=C(/C)C#Cc1c2ccccc2c(C#Cc2ccc(F)cc2)c2ccccc12. The molecule has 158 valence electrons. The first-order valence-corrected chi connectivity index (χ1v) is 10.5. The second-order valence-electron chi connectivity index (χ2n) is 7.45. The van der Waals surface area contributed by atoms with Gasteiger partial charge in [-0.3, -0.25) is 0 Å². The average molecular weight is 430 g/mol. The van der Waals surface area contributed by atoms with Crippen molar-refractivity contribution in [3.63, 3.8) is 0 Å². The summed E-state index contributed by atoms with van der Waals surface area (Å²) in [5, 5.41) is 3.98. The molecule has 0 amide bonds. The predicted octanol–water partition coefficient (Wildman–Crippen LogP) is 7.87. The van der Waals surface area contributed by atoms with Gasteiger partial charge in [0.05, 0.1) is 0 Å². The zero-order valence-corrected chi connectivity index (χ0v) is 18.1. The van der Waals surface area contributed by atoms with E-state index >= 15 is 0 Å². The molecule has 0 heterocycles. The lowest BCUT2D eigenvalue weighted by Gasteiger charge is -2.10. The minimum absolute atomic E-state index is 0.286. The highest BCUT2D eigenvalue weighted by Crippen LogP contribution is 2.32. The molecule has 0 aromatic heterocycles. The molecule has 0 unspecified atom stereocenters. The first-order chi connectivity index (χ1) is 16.1. The molecule has 0 nitrogen and oxygen atoms in total. The molecule has 0 bridgehead atoms. The summed E-state index contributed by atoms with van der Waals surface area (Å²) >= 11 is 0. The fourth-order valence-electron chi connectivity index (χ4n) is 3.54. The Labute approximate surface area is 192 Å².